The van der Waals surface area contributed by atoms with Crippen LogP contribution in [0, 0.1) is 0 Å². The Bertz CT molecular complexity index is 877. The number of piperidine rings is 1. The van der Waals surface area contributed by atoms with E-state index in [0.717, 1.165) is 42.7 Å². The van der Waals surface area contributed by atoms with Gasteiger partial charge in [0.25, 0.3) is 5.91 Å². The van der Waals surface area contributed by atoms with E-state index in [1.165, 1.54) is 5.56 Å². The molecule has 6 heteroatoms. The van der Waals surface area contributed by atoms with E-state index in [2.05, 4.69) is 35.5 Å². The Morgan fingerprint density at radius 2 is 1.93 bits per heavy atom. The molecule has 1 saturated heterocycles. The van der Waals surface area contributed by atoms with Crippen molar-refractivity contribution in [3.8, 4) is 0 Å². The van der Waals surface area contributed by atoms with Gasteiger partial charge >= 0.3 is 0 Å². The number of aromatic nitrogens is 1. The molecule has 1 amide bonds. The number of carbonyl (C=O) groups excluding carboxylic acids is 1. The zero-order valence-corrected chi connectivity index (χ0v) is 17.5. The van der Waals surface area contributed by atoms with Gasteiger partial charge in [0.2, 0.25) is 0 Å². The van der Waals surface area contributed by atoms with Gasteiger partial charge in [0.15, 0.2) is 0 Å². The van der Waals surface area contributed by atoms with E-state index < -0.39 is 5.54 Å². The topological polar surface area (TPSA) is 36.4 Å². The highest BCUT2D eigenvalue weighted by Crippen LogP contribution is 2.43. The van der Waals surface area contributed by atoms with Gasteiger partial charge in [-0.1, -0.05) is 23.5 Å². The zero-order valence-electron chi connectivity index (χ0n) is 15.9. The summed E-state index contributed by atoms with van der Waals surface area (Å²) < 4.78 is 2.40. The third-order valence-corrected chi connectivity index (χ3v) is 6.94. The number of hydrogen-bond donors (Lipinski definition) is 0. The molecule has 0 saturated carbocycles. The molecule has 4 nitrogen and oxygen atoms in total. The van der Waals surface area contributed by atoms with Crippen LogP contribution in [-0.2, 0) is 5.54 Å². The number of rotatable bonds is 3. The SMILES string of the molecule is CSN1CCC(c2cncc(N3C(=O)c4ccc(Cl)cc4C3(C)C)c2)CC1. The molecule has 27 heavy (non-hydrogen) atoms. The third-order valence-electron chi connectivity index (χ3n) is 5.82. The van der Waals surface area contributed by atoms with Crippen LogP contribution in [0.1, 0.15) is 54.1 Å². The Hall–Kier alpha value is -1.56. The molecular formula is C21H24ClN3OS. The summed E-state index contributed by atoms with van der Waals surface area (Å²) in [7, 11) is 0. The average molecular weight is 402 g/mol. The molecule has 0 aliphatic carbocycles. The zero-order chi connectivity index (χ0) is 19.2. The summed E-state index contributed by atoms with van der Waals surface area (Å²) >= 11 is 8.01. The van der Waals surface area contributed by atoms with Crippen LogP contribution in [0.15, 0.2) is 36.7 Å². The van der Waals surface area contributed by atoms with Crippen LogP contribution in [0.4, 0.5) is 5.69 Å². The molecule has 2 aromatic rings. The molecule has 0 atom stereocenters. The third kappa shape index (κ3) is 3.26. The van der Waals surface area contributed by atoms with Crippen LogP contribution in [0.25, 0.3) is 0 Å². The second-order valence-electron chi connectivity index (χ2n) is 7.75. The van der Waals surface area contributed by atoms with Gasteiger partial charge in [-0.25, -0.2) is 0 Å². The van der Waals surface area contributed by atoms with E-state index in [1.54, 1.807) is 12.3 Å². The number of amides is 1. The summed E-state index contributed by atoms with van der Waals surface area (Å²) in [5, 5.41) is 0.656. The number of pyridine rings is 1. The first-order valence-corrected chi connectivity index (χ1v) is 10.9. The minimum atomic E-state index is -0.458. The Balaban J connectivity index is 1.66. The first kappa shape index (κ1) is 18.8. The van der Waals surface area contributed by atoms with Gasteiger partial charge in [-0.2, -0.15) is 0 Å². The van der Waals surface area contributed by atoms with E-state index >= 15 is 0 Å². The number of hydrogen-bond acceptors (Lipinski definition) is 4. The predicted molar refractivity (Wildman–Crippen MR) is 113 cm³/mol. The largest absolute Gasteiger partial charge is 0.297 e. The highest BCUT2D eigenvalue weighted by molar-refractivity contribution is 7.96. The quantitative estimate of drug-likeness (QED) is 0.671. The summed E-state index contributed by atoms with van der Waals surface area (Å²) in [5.41, 5.74) is 3.33. The van der Waals surface area contributed by atoms with Gasteiger partial charge in [0, 0.05) is 29.9 Å². The molecule has 3 heterocycles. The Morgan fingerprint density at radius 1 is 1.19 bits per heavy atom. The van der Waals surface area contributed by atoms with E-state index in [1.807, 2.05) is 35.2 Å². The molecule has 0 N–H and O–H groups in total. The van der Waals surface area contributed by atoms with Crippen molar-refractivity contribution in [3.05, 3.63) is 58.4 Å². The minimum Gasteiger partial charge on any atom is -0.297 e. The molecule has 1 aromatic heterocycles. The molecule has 2 aliphatic heterocycles. The summed E-state index contributed by atoms with van der Waals surface area (Å²) in [6, 6.07) is 7.67. The molecule has 0 radical (unpaired) electrons. The summed E-state index contributed by atoms with van der Waals surface area (Å²) in [6.07, 6.45) is 8.14. The number of halogens is 1. The summed E-state index contributed by atoms with van der Waals surface area (Å²) in [6.45, 7) is 6.32. The lowest BCUT2D eigenvalue weighted by Crippen LogP contribution is -2.39. The Kier molecular flexibility index (Phi) is 4.95. The van der Waals surface area contributed by atoms with Crippen molar-refractivity contribution in [3.63, 3.8) is 0 Å². The fourth-order valence-electron chi connectivity index (χ4n) is 4.31. The molecule has 0 spiro atoms. The first-order valence-electron chi connectivity index (χ1n) is 9.30. The molecule has 1 fully saturated rings. The van der Waals surface area contributed by atoms with Crippen molar-refractivity contribution in [1.29, 1.82) is 0 Å². The monoisotopic (exact) mass is 401 g/mol. The lowest BCUT2D eigenvalue weighted by Gasteiger charge is -2.34. The highest BCUT2D eigenvalue weighted by atomic mass is 35.5. The van der Waals surface area contributed by atoms with Gasteiger partial charge in [-0.3, -0.25) is 19.0 Å². The van der Waals surface area contributed by atoms with E-state index in [0.29, 0.717) is 10.9 Å². The molecule has 1 aromatic carbocycles. The average Bonchev–Trinajstić information content (AvgIpc) is 2.87. The normalized spacial score (nSPS) is 20.1. The molecule has 2 aliphatic rings. The standard InChI is InChI=1S/C21H24ClN3OS/c1-21(2)19-11-16(22)4-5-18(19)20(26)25(21)17-10-15(12-23-13-17)14-6-8-24(27-3)9-7-14/h4-5,10-14H,6-9H2,1-3H3. The fraction of sp³-hybridized carbons (Fsp3) is 0.429. The summed E-state index contributed by atoms with van der Waals surface area (Å²) in [5.74, 6) is 0.515. The lowest BCUT2D eigenvalue weighted by molar-refractivity contribution is 0.0982. The molecule has 0 unspecified atom stereocenters. The van der Waals surface area contributed by atoms with Crippen LogP contribution in [0.3, 0.4) is 0 Å². The van der Waals surface area contributed by atoms with Crippen LogP contribution < -0.4 is 4.90 Å². The highest BCUT2D eigenvalue weighted by Gasteiger charge is 2.44. The predicted octanol–water partition coefficient (Wildman–Crippen LogP) is 5.09. The van der Waals surface area contributed by atoms with Crippen LogP contribution >= 0.6 is 23.5 Å². The van der Waals surface area contributed by atoms with Gasteiger partial charge in [0.05, 0.1) is 17.4 Å². The van der Waals surface area contributed by atoms with E-state index in [9.17, 15) is 4.79 Å². The van der Waals surface area contributed by atoms with Crippen molar-refractivity contribution >= 4 is 35.1 Å². The molecule has 142 valence electrons. The van der Waals surface area contributed by atoms with Crippen molar-refractivity contribution in [2.45, 2.75) is 38.1 Å². The van der Waals surface area contributed by atoms with Gasteiger partial charge in [0.1, 0.15) is 0 Å². The van der Waals surface area contributed by atoms with Crippen molar-refractivity contribution in [1.82, 2.24) is 9.29 Å². The number of carbonyl (C=O) groups is 1. The minimum absolute atomic E-state index is 0.0165. The fourth-order valence-corrected chi connectivity index (χ4v) is 5.05. The van der Waals surface area contributed by atoms with E-state index in [-0.39, 0.29) is 5.91 Å². The second-order valence-corrected chi connectivity index (χ2v) is 9.07. The maximum atomic E-state index is 13.1. The Morgan fingerprint density at radius 3 is 2.63 bits per heavy atom. The van der Waals surface area contributed by atoms with E-state index in [4.69, 9.17) is 11.6 Å². The van der Waals surface area contributed by atoms with Gasteiger partial charge in [-0.05, 0) is 74.3 Å². The smallest absolute Gasteiger partial charge is 0.259 e. The van der Waals surface area contributed by atoms with Crippen molar-refractivity contribution in [2.75, 3.05) is 24.2 Å². The summed E-state index contributed by atoms with van der Waals surface area (Å²) in [4.78, 5) is 19.5. The van der Waals surface area contributed by atoms with Gasteiger partial charge in [-0.15, -0.1) is 0 Å². The number of anilines is 1. The van der Waals surface area contributed by atoms with Crippen LogP contribution in [-0.4, -0.2) is 34.5 Å². The molecular weight excluding hydrogens is 378 g/mol. The lowest BCUT2D eigenvalue weighted by atomic mass is 9.90. The van der Waals surface area contributed by atoms with Crippen LogP contribution in [0.5, 0.6) is 0 Å². The first-order chi connectivity index (χ1) is 12.9. The van der Waals surface area contributed by atoms with Crippen molar-refractivity contribution < 1.29 is 4.79 Å². The number of nitrogens with zero attached hydrogens (tertiary/aromatic N) is 3. The molecule has 4 rings (SSSR count). The number of fused-ring (bicyclic) bond motifs is 1. The Labute approximate surface area is 170 Å². The maximum absolute atomic E-state index is 13.1. The van der Waals surface area contributed by atoms with Gasteiger partial charge < -0.3 is 0 Å². The number of benzene rings is 1. The van der Waals surface area contributed by atoms with Crippen LogP contribution in [0.2, 0.25) is 5.02 Å². The van der Waals surface area contributed by atoms with Crippen molar-refractivity contribution in [2.24, 2.45) is 0 Å². The second kappa shape index (κ2) is 7.12. The molecule has 0 bridgehead atoms. The maximum Gasteiger partial charge on any atom is 0.259 e.